The SMILES string of the molecule is COc1ccc(CC(=O)NC(C#N)C(C)C)cc1OC. The van der Waals surface area contributed by atoms with Crippen molar-refractivity contribution in [3.05, 3.63) is 23.8 Å². The standard InChI is InChI=1S/C15H20N2O3/c1-10(2)12(9-16)17-15(18)8-11-5-6-13(19-3)14(7-11)20-4/h5-7,10,12H,8H2,1-4H3,(H,17,18). The largest absolute Gasteiger partial charge is 0.493 e. The van der Waals surface area contributed by atoms with Gasteiger partial charge >= 0.3 is 0 Å². The van der Waals surface area contributed by atoms with Crippen LogP contribution >= 0.6 is 0 Å². The monoisotopic (exact) mass is 276 g/mol. The van der Waals surface area contributed by atoms with Gasteiger partial charge in [-0.2, -0.15) is 5.26 Å². The van der Waals surface area contributed by atoms with Gasteiger partial charge in [0.1, 0.15) is 6.04 Å². The minimum atomic E-state index is -0.470. The molecule has 20 heavy (non-hydrogen) atoms. The Kier molecular flexibility index (Phi) is 5.85. The van der Waals surface area contributed by atoms with Crippen LogP contribution in [-0.2, 0) is 11.2 Å². The molecule has 0 aliphatic heterocycles. The van der Waals surface area contributed by atoms with Crippen LogP contribution in [0.15, 0.2) is 18.2 Å². The molecule has 0 aliphatic rings. The van der Waals surface area contributed by atoms with Crippen molar-refractivity contribution in [1.29, 1.82) is 5.26 Å². The van der Waals surface area contributed by atoms with Gasteiger partial charge in [0.05, 0.1) is 26.7 Å². The van der Waals surface area contributed by atoms with E-state index in [2.05, 4.69) is 11.4 Å². The van der Waals surface area contributed by atoms with Gasteiger partial charge in [0.25, 0.3) is 0 Å². The van der Waals surface area contributed by atoms with Crippen LogP contribution in [0.1, 0.15) is 19.4 Å². The number of ether oxygens (including phenoxy) is 2. The molecule has 1 N–H and O–H groups in total. The average molecular weight is 276 g/mol. The topological polar surface area (TPSA) is 71.3 Å². The zero-order valence-corrected chi connectivity index (χ0v) is 12.3. The summed E-state index contributed by atoms with van der Waals surface area (Å²) in [7, 11) is 3.11. The molecular weight excluding hydrogens is 256 g/mol. The lowest BCUT2D eigenvalue weighted by molar-refractivity contribution is -0.121. The van der Waals surface area contributed by atoms with Crippen molar-refractivity contribution in [3.8, 4) is 17.6 Å². The number of nitrogens with zero attached hydrogens (tertiary/aromatic N) is 1. The van der Waals surface area contributed by atoms with Gasteiger partial charge in [-0.1, -0.05) is 19.9 Å². The molecular formula is C15H20N2O3. The molecule has 0 saturated heterocycles. The highest BCUT2D eigenvalue weighted by Gasteiger charge is 2.16. The van der Waals surface area contributed by atoms with E-state index in [4.69, 9.17) is 14.7 Å². The van der Waals surface area contributed by atoms with Crippen molar-refractivity contribution >= 4 is 5.91 Å². The van der Waals surface area contributed by atoms with Crippen LogP contribution < -0.4 is 14.8 Å². The number of methoxy groups -OCH3 is 2. The first kappa shape index (κ1) is 15.8. The van der Waals surface area contributed by atoms with Gasteiger partial charge in [-0.25, -0.2) is 0 Å². The summed E-state index contributed by atoms with van der Waals surface area (Å²) in [5.41, 5.74) is 0.806. The third kappa shape index (κ3) is 4.16. The van der Waals surface area contributed by atoms with E-state index in [-0.39, 0.29) is 18.2 Å². The third-order valence-corrected chi connectivity index (χ3v) is 2.93. The molecule has 5 nitrogen and oxygen atoms in total. The third-order valence-electron chi connectivity index (χ3n) is 2.93. The summed E-state index contributed by atoms with van der Waals surface area (Å²) in [6, 6.07) is 6.93. The van der Waals surface area contributed by atoms with Crippen LogP contribution in [0.3, 0.4) is 0 Å². The van der Waals surface area contributed by atoms with E-state index < -0.39 is 6.04 Å². The van der Waals surface area contributed by atoms with E-state index in [1.165, 1.54) is 0 Å². The van der Waals surface area contributed by atoms with Gasteiger partial charge in [0.15, 0.2) is 11.5 Å². The highest BCUT2D eigenvalue weighted by atomic mass is 16.5. The van der Waals surface area contributed by atoms with E-state index in [1.54, 1.807) is 32.4 Å². The molecule has 1 aromatic rings. The van der Waals surface area contributed by atoms with Gasteiger partial charge in [0.2, 0.25) is 5.91 Å². The second kappa shape index (κ2) is 7.39. The Morgan fingerprint density at radius 1 is 1.30 bits per heavy atom. The van der Waals surface area contributed by atoms with E-state index in [0.717, 1.165) is 5.56 Å². The van der Waals surface area contributed by atoms with Crippen molar-refractivity contribution in [3.63, 3.8) is 0 Å². The van der Waals surface area contributed by atoms with Crippen LogP contribution in [0.4, 0.5) is 0 Å². The smallest absolute Gasteiger partial charge is 0.225 e. The maximum atomic E-state index is 11.9. The average Bonchev–Trinajstić information content (AvgIpc) is 2.44. The number of hydrogen-bond acceptors (Lipinski definition) is 4. The summed E-state index contributed by atoms with van der Waals surface area (Å²) < 4.78 is 10.3. The Labute approximate surface area is 119 Å². The quantitative estimate of drug-likeness (QED) is 0.861. The van der Waals surface area contributed by atoms with Crippen LogP contribution in [0.25, 0.3) is 0 Å². The van der Waals surface area contributed by atoms with Gasteiger partial charge in [-0.3, -0.25) is 4.79 Å². The fourth-order valence-corrected chi connectivity index (χ4v) is 1.75. The molecule has 0 saturated carbocycles. The second-order valence-electron chi connectivity index (χ2n) is 4.78. The number of amides is 1. The Morgan fingerprint density at radius 2 is 1.95 bits per heavy atom. The minimum Gasteiger partial charge on any atom is -0.493 e. The molecule has 0 bridgehead atoms. The second-order valence-corrected chi connectivity index (χ2v) is 4.78. The summed E-state index contributed by atoms with van der Waals surface area (Å²) in [5, 5.41) is 11.7. The molecule has 0 aromatic heterocycles. The Balaban J connectivity index is 2.74. The lowest BCUT2D eigenvalue weighted by Gasteiger charge is -2.15. The first-order chi connectivity index (χ1) is 9.51. The Bertz CT molecular complexity index is 506. The number of benzene rings is 1. The number of nitriles is 1. The fraction of sp³-hybridized carbons (Fsp3) is 0.467. The molecule has 1 rings (SSSR count). The molecule has 0 aliphatic carbocycles. The number of hydrogen-bond donors (Lipinski definition) is 1. The van der Waals surface area contributed by atoms with Crippen LogP contribution in [0.5, 0.6) is 11.5 Å². The lowest BCUT2D eigenvalue weighted by Crippen LogP contribution is -2.38. The van der Waals surface area contributed by atoms with Crippen molar-refractivity contribution in [2.24, 2.45) is 5.92 Å². The zero-order valence-electron chi connectivity index (χ0n) is 12.3. The van der Waals surface area contributed by atoms with Gasteiger partial charge in [0, 0.05) is 0 Å². The summed E-state index contributed by atoms with van der Waals surface area (Å²) in [4.78, 5) is 11.9. The first-order valence-electron chi connectivity index (χ1n) is 6.41. The normalized spacial score (nSPS) is 11.6. The molecule has 1 atom stereocenters. The molecule has 1 amide bonds. The van der Waals surface area contributed by atoms with Crippen molar-refractivity contribution in [2.75, 3.05) is 14.2 Å². The number of nitrogens with one attached hydrogen (secondary N) is 1. The van der Waals surface area contributed by atoms with Gasteiger partial charge < -0.3 is 14.8 Å². The molecule has 5 heteroatoms. The van der Waals surface area contributed by atoms with E-state index in [9.17, 15) is 4.79 Å². The highest BCUT2D eigenvalue weighted by molar-refractivity contribution is 5.79. The zero-order chi connectivity index (χ0) is 15.1. The minimum absolute atomic E-state index is 0.0781. The Morgan fingerprint density at radius 3 is 2.45 bits per heavy atom. The van der Waals surface area contributed by atoms with Crippen LogP contribution in [0.2, 0.25) is 0 Å². The molecule has 1 aromatic carbocycles. The van der Waals surface area contributed by atoms with Crippen molar-refractivity contribution in [2.45, 2.75) is 26.3 Å². The summed E-state index contributed by atoms with van der Waals surface area (Å²) >= 11 is 0. The summed E-state index contributed by atoms with van der Waals surface area (Å²) in [6.07, 6.45) is 0.200. The Hall–Kier alpha value is -2.22. The maximum absolute atomic E-state index is 11.9. The molecule has 0 radical (unpaired) electrons. The lowest BCUT2D eigenvalue weighted by atomic mass is 10.1. The summed E-state index contributed by atoms with van der Waals surface area (Å²) in [6.45, 7) is 3.79. The maximum Gasteiger partial charge on any atom is 0.225 e. The van der Waals surface area contributed by atoms with E-state index >= 15 is 0 Å². The number of rotatable bonds is 6. The fourth-order valence-electron chi connectivity index (χ4n) is 1.75. The van der Waals surface area contributed by atoms with Crippen LogP contribution in [-0.4, -0.2) is 26.2 Å². The van der Waals surface area contributed by atoms with Crippen LogP contribution in [0, 0.1) is 17.2 Å². The predicted octanol–water partition coefficient (Wildman–Crippen LogP) is 1.91. The number of carbonyl (C=O) groups is 1. The first-order valence-corrected chi connectivity index (χ1v) is 6.41. The van der Waals surface area contributed by atoms with Gasteiger partial charge in [-0.15, -0.1) is 0 Å². The van der Waals surface area contributed by atoms with Crippen molar-refractivity contribution < 1.29 is 14.3 Å². The summed E-state index contributed by atoms with van der Waals surface area (Å²) in [5.74, 6) is 1.10. The van der Waals surface area contributed by atoms with Crippen molar-refractivity contribution in [1.82, 2.24) is 5.32 Å². The van der Waals surface area contributed by atoms with Gasteiger partial charge in [-0.05, 0) is 23.6 Å². The van der Waals surface area contributed by atoms with E-state index in [0.29, 0.717) is 11.5 Å². The molecule has 1 unspecified atom stereocenters. The molecule has 0 fully saturated rings. The highest BCUT2D eigenvalue weighted by Crippen LogP contribution is 2.27. The molecule has 108 valence electrons. The van der Waals surface area contributed by atoms with E-state index in [1.807, 2.05) is 13.8 Å². The molecule has 0 spiro atoms. The predicted molar refractivity (Wildman–Crippen MR) is 75.6 cm³/mol. The number of carbonyl (C=O) groups excluding carboxylic acids is 1. The molecule has 0 heterocycles.